The van der Waals surface area contributed by atoms with Gasteiger partial charge in [-0.25, -0.2) is 4.79 Å². The minimum atomic E-state index is -0.844. The van der Waals surface area contributed by atoms with Crippen LogP contribution in [0.3, 0.4) is 0 Å². The lowest BCUT2D eigenvalue weighted by molar-refractivity contribution is -0.137. The Bertz CT molecular complexity index is 357. The van der Waals surface area contributed by atoms with E-state index in [1.807, 2.05) is 0 Å². The van der Waals surface area contributed by atoms with Crippen LogP contribution in [0.15, 0.2) is 0 Å². The van der Waals surface area contributed by atoms with Crippen LogP contribution >= 0.6 is 0 Å². The second-order valence-corrected chi connectivity index (χ2v) is 5.77. The average Bonchev–Trinajstić information content (AvgIpc) is 3.15. The summed E-state index contributed by atoms with van der Waals surface area (Å²) in [7, 11) is 2.05. The quantitative estimate of drug-likeness (QED) is 0.783. The summed E-state index contributed by atoms with van der Waals surface area (Å²) in [4.78, 5) is 27.0. The molecule has 6 heteroatoms. The Hall–Kier alpha value is -1.30. The first-order valence-corrected chi connectivity index (χ1v) is 6.95. The fourth-order valence-corrected chi connectivity index (χ4v) is 2.51. The molecule has 0 aromatic heterocycles. The van der Waals surface area contributed by atoms with E-state index < -0.39 is 5.97 Å². The molecule has 2 rings (SSSR count). The number of carbonyl (C=O) groups excluding carboxylic acids is 1. The molecule has 2 fully saturated rings. The molecule has 2 atom stereocenters. The number of likely N-dealkylation sites (N-methyl/N-ethyl adjacent to an activating group) is 1. The topological polar surface area (TPSA) is 72.9 Å². The molecule has 2 aliphatic rings. The van der Waals surface area contributed by atoms with E-state index in [1.54, 1.807) is 4.90 Å². The molecule has 0 aromatic carbocycles. The van der Waals surface area contributed by atoms with Crippen molar-refractivity contribution in [2.45, 2.75) is 38.3 Å². The Morgan fingerprint density at radius 2 is 2.05 bits per heavy atom. The second kappa shape index (κ2) is 5.77. The maximum absolute atomic E-state index is 12.2. The van der Waals surface area contributed by atoms with Gasteiger partial charge in [0.05, 0.1) is 6.42 Å². The van der Waals surface area contributed by atoms with Gasteiger partial charge in [-0.15, -0.1) is 0 Å². The zero-order valence-electron chi connectivity index (χ0n) is 11.6. The van der Waals surface area contributed by atoms with Crippen molar-refractivity contribution in [2.75, 3.05) is 26.7 Å². The molecule has 1 saturated heterocycles. The summed E-state index contributed by atoms with van der Waals surface area (Å²) in [5, 5.41) is 11.8. The van der Waals surface area contributed by atoms with Crippen molar-refractivity contribution in [3.05, 3.63) is 0 Å². The first-order valence-electron chi connectivity index (χ1n) is 6.95. The van der Waals surface area contributed by atoms with Crippen LogP contribution in [0.5, 0.6) is 0 Å². The normalized spacial score (nSPS) is 26.0. The molecule has 1 aliphatic heterocycles. The van der Waals surface area contributed by atoms with Crippen LogP contribution < -0.4 is 5.32 Å². The molecule has 2 unspecified atom stereocenters. The van der Waals surface area contributed by atoms with Crippen molar-refractivity contribution in [2.24, 2.45) is 5.92 Å². The van der Waals surface area contributed by atoms with Gasteiger partial charge in [0.2, 0.25) is 0 Å². The van der Waals surface area contributed by atoms with E-state index >= 15 is 0 Å². The number of carboxylic acids is 1. The van der Waals surface area contributed by atoms with Crippen molar-refractivity contribution in [3.8, 4) is 0 Å². The summed E-state index contributed by atoms with van der Waals surface area (Å²) in [5.41, 5.74) is 0. The maximum Gasteiger partial charge on any atom is 0.317 e. The molecule has 19 heavy (non-hydrogen) atoms. The van der Waals surface area contributed by atoms with Gasteiger partial charge < -0.3 is 20.2 Å². The summed E-state index contributed by atoms with van der Waals surface area (Å²) in [6.07, 6.45) is 2.08. The van der Waals surface area contributed by atoms with E-state index in [0.717, 1.165) is 19.4 Å². The summed E-state index contributed by atoms with van der Waals surface area (Å²) in [6, 6.07) is 0.0245. The van der Waals surface area contributed by atoms with Crippen molar-refractivity contribution in [3.63, 3.8) is 0 Å². The van der Waals surface area contributed by atoms with Gasteiger partial charge >= 0.3 is 12.0 Å². The minimum Gasteiger partial charge on any atom is -0.481 e. The predicted molar refractivity (Wildman–Crippen MR) is 71.0 cm³/mol. The van der Waals surface area contributed by atoms with Gasteiger partial charge in [0.15, 0.2) is 0 Å². The third-order valence-electron chi connectivity index (χ3n) is 4.14. The van der Waals surface area contributed by atoms with Crippen molar-refractivity contribution >= 4 is 12.0 Å². The van der Waals surface area contributed by atoms with Crippen LogP contribution in [0.4, 0.5) is 4.79 Å². The predicted octanol–water partition coefficient (Wildman–Crippen LogP) is 0.585. The van der Waals surface area contributed by atoms with Gasteiger partial charge in [-0.3, -0.25) is 4.79 Å². The van der Waals surface area contributed by atoms with Gasteiger partial charge in [0.1, 0.15) is 0 Å². The van der Waals surface area contributed by atoms with E-state index in [9.17, 15) is 9.59 Å². The Labute approximate surface area is 113 Å². The van der Waals surface area contributed by atoms with Crippen LogP contribution in [0.25, 0.3) is 0 Å². The van der Waals surface area contributed by atoms with Crippen molar-refractivity contribution < 1.29 is 14.7 Å². The Morgan fingerprint density at radius 3 is 2.58 bits per heavy atom. The molecule has 1 heterocycles. The zero-order chi connectivity index (χ0) is 14.0. The van der Waals surface area contributed by atoms with Crippen molar-refractivity contribution in [1.82, 2.24) is 15.1 Å². The standard InChI is InChI=1S/C13H23N3O3/c1-9-8-16(6-5-15(9)2)13(19)14-11(7-12(17)18)10-3-4-10/h9-11H,3-8H2,1-2H3,(H,14,19)(H,17,18). The summed E-state index contributed by atoms with van der Waals surface area (Å²) in [5.74, 6) is -0.492. The molecule has 1 aliphatic carbocycles. The summed E-state index contributed by atoms with van der Waals surface area (Å²) in [6.45, 7) is 4.36. The number of piperazine rings is 1. The molecule has 0 bridgehead atoms. The minimum absolute atomic E-state index is 0.0275. The Balaban J connectivity index is 1.86. The number of nitrogens with one attached hydrogen (secondary N) is 1. The van der Waals surface area contributed by atoms with E-state index in [4.69, 9.17) is 5.11 Å². The molecule has 0 radical (unpaired) electrons. The first kappa shape index (κ1) is 14.1. The summed E-state index contributed by atoms with van der Waals surface area (Å²) < 4.78 is 0. The monoisotopic (exact) mass is 269 g/mol. The van der Waals surface area contributed by atoms with Gasteiger partial charge in [-0.2, -0.15) is 0 Å². The van der Waals surface area contributed by atoms with E-state index in [2.05, 4.69) is 24.2 Å². The highest BCUT2D eigenvalue weighted by Gasteiger charge is 2.35. The van der Waals surface area contributed by atoms with Gasteiger partial charge in [-0.05, 0) is 32.7 Å². The lowest BCUT2D eigenvalue weighted by atomic mass is 10.1. The third kappa shape index (κ3) is 3.83. The number of aliphatic carboxylic acids is 1. The molecule has 0 aromatic rings. The zero-order valence-corrected chi connectivity index (χ0v) is 11.6. The van der Waals surface area contributed by atoms with Crippen LogP contribution in [-0.2, 0) is 4.79 Å². The van der Waals surface area contributed by atoms with Crippen LogP contribution in [0, 0.1) is 5.92 Å². The highest BCUT2D eigenvalue weighted by molar-refractivity contribution is 5.76. The molecule has 6 nitrogen and oxygen atoms in total. The van der Waals surface area contributed by atoms with E-state index in [1.165, 1.54) is 0 Å². The highest BCUT2D eigenvalue weighted by atomic mass is 16.4. The number of amides is 2. The molecule has 108 valence electrons. The average molecular weight is 269 g/mol. The number of hydrogen-bond donors (Lipinski definition) is 2. The van der Waals surface area contributed by atoms with Gasteiger partial charge in [-0.1, -0.05) is 0 Å². The molecule has 1 saturated carbocycles. The number of rotatable bonds is 4. The number of nitrogens with zero attached hydrogens (tertiary/aromatic N) is 2. The SMILES string of the molecule is CC1CN(C(=O)NC(CC(=O)O)C2CC2)CCN1C. The Morgan fingerprint density at radius 1 is 1.37 bits per heavy atom. The van der Waals surface area contributed by atoms with Crippen molar-refractivity contribution in [1.29, 1.82) is 0 Å². The highest BCUT2D eigenvalue weighted by Crippen LogP contribution is 2.34. The lowest BCUT2D eigenvalue weighted by Gasteiger charge is -2.38. The van der Waals surface area contributed by atoms with E-state index in [0.29, 0.717) is 25.0 Å². The fourth-order valence-electron chi connectivity index (χ4n) is 2.51. The molecular formula is C13H23N3O3. The first-order chi connectivity index (χ1) is 8.97. The van der Waals surface area contributed by atoms with E-state index in [-0.39, 0.29) is 18.5 Å². The molecular weight excluding hydrogens is 246 g/mol. The van der Waals surface area contributed by atoms with Crippen LogP contribution in [0.2, 0.25) is 0 Å². The molecule has 0 spiro atoms. The lowest BCUT2D eigenvalue weighted by Crippen LogP contribution is -2.56. The van der Waals surface area contributed by atoms with Crippen LogP contribution in [-0.4, -0.2) is 65.7 Å². The molecule has 2 N–H and O–H groups in total. The van der Waals surface area contributed by atoms with Crippen LogP contribution in [0.1, 0.15) is 26.2 Å². The number of urea groups is 1. The largest absolute Gasteiger partial charge is 0.481 e. The summed E-state index contributed by atoms with van der Waals surface area (Å²) >= 11 is 0. The fraction of sp³-hybridized carbons (Fsp3) is 0.846. The molecule has 2 amide bonds. The van der Waals surface area contributed by atoms with Gasteiger partial charge in [0, 0.05) is 31.7 Å². The number of carbonyl (C=O) groups is 2. The maximum atomic E-state index is 12.2. The number of carboxylic acid groups (broad SMARTS) is 1. The second-order valence-electron chi connectivity index (χ2n) is 5.77. The van der Waals surface area contributed by atoms with Gasteiger partial charge in [0.25, 0.3) is 0 Å². The smallest absolute Gasteiger partial charge is 0.317 e. The number of hydrogen-bond acceptors (Lipinski definition) is 3. The Kier molecular flexibility index (Phi) is 4.29. The third-order valence-corrected chi connectivity index (χ3v) is 4.14.